The van der Waals surface area contributed by atoms with Crippen LogP contribution in [0.3, 0.4) is 0 Å². The topological polar surface area (TPSA) is 26.3 Å². The van der Waals surface area contributed by atoms with Crippen molar-refractivity contribution in [3.63, 3.8) is 0 Å². The number of hydrogen-bond acceptors (Lipinski definition) is 2. The Labute approximate surface area is 121 Å². The predicted octanol–water partition coefficient (Wildman–Crippen LogP) is 4.76. The first kappa shape index (κ1) is 16.0. The molecule has 0 aliphatic heterocycles. The molecule has 0 heterocycles. The fourth-order valence-corrected chi connectivity index (χ4v) is 2.29. The Hall–Kier alpha value is -1.02. The van der Waals surface area contributed by atoms with E-state index in [4.69, 9.17) is 16.3 Å². The van der Waals surface area contributed by atoms with Crippen LogP contribution in [0, 0.1) is 17.9 Å². The van der Waals surface area contributed by atoms with Crippen LogP contribution < -0.4 is 0 Å². The van der Waals surface area contributed by atoms with E-state index < -0.39 is 0 Å². The van der Waals surface area contributed by atoms with Crippen LogP contribution in [-0.4, -0.2) is 12.6 Å². The monoisotopic (exact) mass is 281 g/mol. The molecule has 0 fully saturated rings. The molecule has 1 rings (SSSR count). The van der Waals surface area contributed by atoms with Crippen molar-refractivity contribution in [2.45, 2.75) is 40.0 Å². The summed E-state index contributed by atoms with van der Waals surface area (Å²) in [6.07, 6.45) is 3.26. The van der Waals surface area contributed by atoms with E-state index in [0.29, 0.717) is 29.0 Å². The van der Waals surface area contributed by atoms with Crippen LogP contribution in [0.25, 0.3) is 0 Å². The lowest BCUT2D eigenvalue weighted by Gasteiger charge is -2.19. The number of hydrogen-bond donors (Lipinski definition) is 0. The van der Waals surface area contributed by atoms with Crippen molar-refractivity contribution in [3.8, 4) is 0 Å². The summed E-state index contributed by atoms with van der Waals surface area (Å²) in [4.78, 5) is 11.8. The minimum atomic E-state index is -0.346. The molecule has 1 atom stereocenters. The Bertz CT molecular complexity index is 401. The second-order valence-corrected chi connectivity index (χ2v) is 5.57. The molecule has 0 saturated heterocycles. The van der Waals surface area contributed by atoms with Crippen molar-refractivity contribution in [1.29, 1.82) is 0 Å². The van der Waals surface area contributed by atoms with E-state index in [-0.39, 0.29) is 5.97 Å². The average molecular weight is 282 g/mol. The lowest BCUT2D eigenvalue weighted by Crippen LogP contribution is -2.14. The minimum Gasteiger partial charge on any atom is -0.462 e. The Balaban J connectivity index is 2.42. The highest BCUT2D eigenvalue weighted by Crippen LogP contribution is 2.21. The highest BCUT2D eigenvalue weighted by molar-refractivity contribution is 6.30. The summed E-state index contributed by atoms with van der Waals surface area (Å²) in [5, 5.41) is 0.525. The van der Waals surface area contributed by atoms with Gasteiger partial charge in [0.2, 0.25) is 0 Å². The van der Waals surface area contributed by atoms with Gasteiger partial charge in [-0.3, -0.25) is 0 Å². The third-order valence-corrected chi connectivity index (χ3v) is 3.54. The molecule has 0 bridgehead atoms. The highest BCUT2D eigenvalue weighted by atomic mass is 35.5. The first-order valence-electron chi connectivity index (χ1n) is 6.89. The molecule has 1 unspecified atom stereocenters. The maximum atomic E-state index is 11.8. The van der Waals surface area contributed by atoms with Gasteiger partial charge >= 0.3 is 5.97 Å². The van der Waals surface area contributed by atoms with E-state index in [0.717, 1.165) is 6.42 Å². The molecule has 0 spiro atoms. The lowest BCUT2D eigenvalue weighted by molar-refractivity contribution is 0.0469. The SMILES string of the molecule is CCCC(CCOC(=O)c1[c]ccc(Cl)c1)C(C)C. The Morgan fingerprint density at radius 1 is 1.42 bits per heavy atom. The van der Waals surface area contributed by atoms with Crippen LogP contribution in [0.4, 0.5) is 0 Å². The van der Waals surface area contributed by atoms with Crippen molar-refractivity contribution in [3.05, 3.63) is 34.9 Å². The van der Waals surface area contributed by atoms with Gasteiger partial charge < -0.3 is 4.74 Å². The third-order valence-electron chi connectivity index (χ3n) is 3.31. The zero-order valence-electron chi connectivity index (χ0n) is 11.9. The molecule has 105 valence electrons. The summed E-state index contributed by atoms with van der Waals surface area (Å²) in [6, 6.07) is 7.74. The zero-order valence-corrected chi connectivity index (χ0v) is 12.7. The molecular weight excluding hydrogens is 260 g/mol. The van der Waals surface area contributed by atoms with Gasteiger partial charge in [-0.05, 0) is 36.5 Å². The predicted molar refractivity (Wildman–Crippen MR) is 78.4 cm³/mol. The smallest absolute Gasteiger partial charge is 0.338 e. The number of halogens is 1. The summed E-state index contributed by atoms with van der Waals surface area (Å²) in [6.45, 7) is 7.07. The van der Waals surface area contributed by atoms with E-state index in [2.05, 4.69) is 26.8 Å². The van der Waals surface area contributed by atoms with E-state index in [1.54, 1.807) is 18.2 Å². The summed E-state index contributed by atoms with van der Waals surface area (Å²) in [5.74, 6) is 0.888. The summed E-state index contributed by atoms with van der Waals surface area (Å²) >= 11 is 5.83. The third kappa shape index (κ3) is 5.65. The minimum absolute atomic E-state index is 0.346. The maximum Gasteiger partial charge on any atom is 0.338 e. The molecule has 1 radical (unpaired) electrons. The molecule has 19 heavy (non-hydrogen) atoms. The molecule has 0 aromatic heterocycles. The van der Waals surface area contributed by atoms with Crippen LogP contribution in [0.2, 0.25) is 5.02 Å². The second-order valence-electron chi connectivity index (χ2n) is 5.14. The number of carbonyl (C=O) groups is 1. The molecule has 1 aromatic carbocycles. The van der Waals surface area contributed by atoms with Crippen molar-refractivity contribution in [2.75, 3.05) is 6.61 Å². The number of benzene rings is 1. The van der Waals surface area contributed by atoms with Crippen LogP contribution in [-0.2, 0) is 4.74 Å². The molecular formula is C16H22ClO2. The Morgan fingerprint density at radius 3 is 2.74 bits per heavy atom. The molecule has 0 aliphatic rings. The van der Waals surface area contributed by atoms with Gasteiger partial charge in [-0.1, -0.05) is 51.3 Å². The number of ether oxygens (including phenoxy) is 1. The molecule has 3 heteroatoms. The Kier molecular flexibility index (Phi) is 6.93. The molecule has 0 aliphatic carbocycles. The fraction of sp³-hybridized carbons (Fsp3) is 0.562. The largest absolute Gasteiger partial charge is 0.462 e. The van der Waals surface area contributed by atoms with Crippen LogP contribution >= 0.6 is 11.6 Å². The van der Waals surface area contributed by atoms with Crippen LogP contribution in [0.1, 0.15) is 50.4 Å². The average Bonchev–Trinajstić information content (AvgIpc) is 2.37. The quantitative estimate of drug-likeness (QED) is 0.674. The van der Waals surface area contributed by atoms with Crippen molar-refractivity contribution in [2.24, 2.45) is 11.8 Å². The van der Waals surface area contributed by atoms with Crippen molar-refractivity contribution in [1.82, 2.24) is 0 Å². The van der Waals surface area contributed by atoms with E-state index >= 15 is 0 Å². The molecule has 2 nitrogen and oxygen atoms in total. The van der Waals surface area contributed by atoms with Crippen LogP contribution in [0.15, 0.2) is 18.2 Å². The highest BCUT2D eigenvalue weighted by Gasteiger charge is 2.14. The summed E-state index contributed by atoms with van der Waals surface area (Å²) in [5.41, 5.74) is 0.393. The second kappa shape index (κ2) is 8.21. The van der Waals surface area contributed by atoms with Gasteiger partial charge in [-0.2, -0.15) is 0 Å². The summed E-state index contributed by atoms with van der Waals surface area (Å²) in [7, 11) is 0. The Morgan fingerprint density at radius 2 is 2.16 bits per heavy atom. The molecule has 0 saturated carbocycles. The fourth-order valence-electron chi connectivity index (χ4n) is 2.12. The van der Waals surface area contributed by atoms with Crippen molar-refractivity contribution >= 4 is 17.6 Å². The van der Waals surface area contributed by atoms with Gasteiger partial charge in [-0.25, -0.2) is 4.79 Å². The molecule has 1 aromatic rings. The molecule has 0 N–H and O–H groups in total. The first-order valence-corrected chi connectivity index (χ1v) is 7.26. The molecule has 0 amide bonds. The van der Waals surface area contributed by atoms with Crippen LogP contribution in [0.5, 0.6) is 0 Å². The standard InChI is InChI=1S/C16H22ClO2/c1-4-6-13(12(2)3)9-10-19-16(18)14-7-5-8-15(17)11-14/h5,8,11-13H,4,6,9-10H2,1-3H3. The van der Waals surface area contributed by atoms with Gasteiger partial charge in [0.05, 0.1) is 12.2 Å². The van der Waals surface area contributed by atoms with E-state index in [1.165, 1.54) is 12.8 Å². The lowest BCUT2D eigenvalue weighted by atomic mass is 9.89. The van der Waals surface area contributed by atoms with Gasteiger partial charge in [0.1, 0.15) is 0 Å². The number of rotatable bonds is 7. The number of esters is 1. The first-order chi connectivity index (χ1) is 9.04. The normalized spacial score (nSPS) is 12.5. The van der Waals surface area contributed by atoms with Gasteiger partial charge in [-0.15, -0.1) is 0 Å². The van der Waals surface area contributed by atoms with Gasteiger partial charge in [0.25, 0.3) is 0 Å². The number of carbonyl (C=O) groups excluding carboxylic acids is 1. The maximum absolute atomic E-state index is 11.8. The zero-order chi connectivity index (χ0) is 14.3. The van der Waals surface area contributed by atoms with Gasteiger partial charge in [0.15, 0.2) is 0 Å². The van der Waals surface area contributed by atoms with Gasteiger partial charge in [0, 0.05) is 5.02 Å². The van der Waals surface area contributed by atoms with Crippen molar-refractivity contribution < 1.29 is 9.53 Å². The van der Waals surface area contributed by atoms with E-state index in [1.807, 2.05) is 0 Å². The van der Waals surface area contributed by atoms with E-state index in [9.17, 15) is 4.79 Å². The summed E-state index contributed by atoms with van der Waals surface area (Å²) < 4.78 is 5.28.